The predicted octanol–water partition coefficient (Wildman–Crippen LogP) is 1.97. The number of ether oxygens (including phenoxy) is 3. The molecule has 5 nitrogen and oxygen atoms in total. The number of aliphatic hydroxyl groups is 1. The minimum atomic E-state index is -0.432. The zero-order valence-electron chi connectivity index (χ0n) is 15.6. The topological polar surface area (TPSA) is 71.6 Å². The summed E-state index contributed by atoms with van der Waals surface area (Å²) in [5.41, 5.74) is 1.34. The zero-order chi connectivity index (χ0) is 17.9. The van der Waals surface area contributed by atoms with Crippen molar-refractivity contribution in [3.63, 3.8) is 0 Å². The highest BCUT2D eigenvalue weighted by Gasteiger charge is 2.98. The summed E-state index contributed by atoms with van der Waals surface area (Å²) >= 11 is 0. The van der Waals surface area contributed by atoms with Gasteiger partial charge in [0.1, 0.15) is 30.0 Å². The maximum Gasteiger partial charge on any atom is 0.334 e. The minimum absolute atomic E-state index is 0.0342. The lowest BCUT2D eigenvalue weighted by molar-refractivity contribution is -0.136. The Hall–Kier alpha value is -0.910. The van der Waals surface area contributed by atoms with Gasteiger partial charge in [-0.1, -0.05) is 20.8 Å². The van der Waals surface area contributed by atoms with Crippen LogP contribution >= 0.6 is 0 Å². The Bertz CT molecular complexity index is 817. The van der Waals surface area contributed by atoms with Gasteiger partial charge in [-0.3, -0.25) is 0 Å². The maximum absolute atomic E-state index is 12.1. The molecule has 26 heavy (non-hydrogen) atoms. The van der Waals surface area contributed by atoms with Crippen LogP contribution in [0.15, 0.2) is 11.1 Å². The molecule has 5 fully saturated rings. The van der Waals surface area contributed by atoms with Crippen LogP contribution in [-0.4, -0.2) is 47.2 Å². The number of epoxide rings is 2. The lowest BCUT2D eigenvalue weighted by Crippen LogP contribution is -2.65. The highest BCUT2D eigenvalue weighted by molar-refractivity contribution is 5.92. The van der Waals surface area contributed by atoms with E-state index in [1.165, 1.54) is 5.57 Å². The SMILES string of the molecule is CC(C)[C@]12O[C@H]1[C@@H]1O[C@]13[C@]1(C[C@H]1CC1C4=C(CC[C@@]13C)C(=O)OC4)[C@@H]2O. The van der Waals surface area contributed by atoms with Crippen LogP contribution in [0.5, 0.6) is 0 Å². The molecule has 3 aliphatic heterocycles. The molecule has 1 N–H and O–H groups in total. The van der Waals surface area contributed by atoms with E-state index in [-0.39, 0.29) is 34.6 Å². The fourth-order valence-electron chi connectivity index (χ4n) is 8.43. The highest BCUT2D eigenvalue weighted by atomic mass is 16.7. The van der Waals surface area contributed by atoms with E-state index in [2.05, 4.69) is 20.8 Å². The van der Waals surface area contributed by atoms with E-state index in [1.54, 1.807) is 0 Å². The van der Waals surface area contributed by atoms with Gasteiger partial charge in [-0.25, -0.2) is 4.79 Å². The molecule has 0 aromatic rings. The van der Waals surface area contributed by atoms with Crippen molar-refractivity contribution in [3.05, 3.63) is 11.1 Å². The second-order valence-corrected chi connectivity index (χ2v) is 10.5. The second-order valence-electron chi connectivity index (χ2n) is 10.5. The quantitative estimate of drug-likeness (QED) is 0.573. The molecule has 2 saturated heterocycles. The normalized spacial score (nSPS) is 63.1. The van der Waals surface area contributed by atoms with Gasteiger partial charge in [-0.2, -0.15) is 0 Å². The molecule has 0 aromatic heterocycles. The number of carbonyl (C=O) groups excluding carboxylic acids is 1. The molecule has 0 aromatic carbocycles. The largest absolute Gasteiger partial charge is 0.458 e. The Morgan fingerprint density at radius 1 is 1.23 bits per heavy atom. The van der Waals surface area contributed by atoms with E-state index >= 15 is 0 Å². The van der Waals surface area contributed by atoms with Gasteiger partial charge < -0.3 is 19.3 Å². The van der Waals surface area contributed by atoms with Crippen molar-refractivity contribution in [1.29, 1.82) is 0 Å². The number of hydrogen-bond acceptors (Lipinski definition) is 5. The fraction of sp³-hybridized carbons (Fsp3) is 0.857. The van der Waals surface area contributed by atoms with Crippen molar-refractivity contribution >= 4 is 5.97 Å². The van der Waals surface area contributed by atoms with Crippen LogP contribution in [-0.2, 0) is 19.0 Å². The lowest BCUT2D eigenvalue weighted by atomic mass is 9.46. The Morgan fingerprint density at radius 3 is 2.81 bits per heavy atom. The van der Waals surface area contributed by atoms with Crippen LogP contribution in [0.2, 0.25) is 0 Å². The number of fused-ring (bicyclic) bond motifs is 4. The van der Waals surface area contributed by atoms with Crippen LogP contribution in [0.4, 0.5) is 0 Å². The van der Waals surface area contributed by atoms with Crippen LogP contribution in [0, 0.1) is 28.6 Å². The Morgan fingerprint density at radius 2 is 2.04 bits per heavy atom. The molecule has 1 unspecified atom stereocenters. The molecule has 3 saturated carbocycles. The second kappa shape index (κ2) is 3.81. The number of aliphatic hydroxyl groups excluding tert-OH is 1. The standard InChI is InChI=1S/C21H26O5/c1-9(2)20-14(25-20)15-21(26-15)18(3)5-4-11-12(8-24-16(11)22)13(18)6-10-7-19(10,21)17(20)23/h9-10,13-15,17,23H,4-8H2,1-3H3/t10-,13?,14+,15+,17+,18+,19+,20+,21-/m1/s1. The number of esters is 1. The van der Waals surface area contributed by atoms with Crippen molar-refractivity contribution in [2.24, 2.45) is 28.6 Å². The summed E-state index contributed by atoms with van der Waals surface area (Å²) in [5, 5.41) is 11.6. The summed E-state index contributed by atoms with van der Waals surface area (Å²) in [6.07, 6.45) is 3.56. The number of carbonyl (C=O) groups is 1. The van der Waals surface area contributed by atoms with E-state index in [9.17, 15) is 9.90 Å². The van der Waals surface area contributed by atoms with Gasteiger partial charge in [0, 0.05) is 16.4 Å². The molecule has 0 bridgehead atoms. The third-order valence-electron chi connectivity index (χ3n) is 9.76. The number of hydrogen-bond donors (Lipinski definition) is 1. The fourth-order valence-corrected chi connectivity index (χ4v) is 8.43. The van der Waals surface area contributed by atoms with E-state index in [1.807, 2.05) is 0 Å². The molecule has 0 radical (unpaired) electrons. The third-order valence-corrected chi connectivity index (χ3v) is 9.76. The van der Waals surface area contributed by atoms with Gasteiger partial charge in [0.25, 0.3) is 0 Å². The highest BCUT2D eigenvalue weighted by Crippen LogP contribution is 2.88. The van der Waals surface area contributed by atoms with Gasteiger partial charge in [0.05, 0.1) is 6.10 Å². The van der Waals surface area contributed by atoms with Gasteiger partial charge in [0.2, 0.25) is 0 Å². The van der Waals surface area contributed by atoms with E-state index < -0.39 is 11.7 Å². The predicted molar refractivity (Wildman–Crippen MR) is 90.0 cm³/mol. The number of rotatable bonds is 1. The van der Waals surface area contributed by atoms with Crippen LogP contribution < -0.4 is 0 Å². The lowest BCUT2D eigenvalue weighted by Gasteiger charge is -2.55. The molecule has 140 valence electrons. The van der Waals surface area contributed by atoms with Crippen molar-refractivity contribution in [2.75, 3.05) is 6.61 Å². The molecule has 7 rings (SSSR count). The van der Waals surface area contributed by atoms with E-state index in [0.717, 1.165) is 31.3 Å². The molecule has 5 heteroatoms. The molecule has 3 heterocycles. The summed E-state index contributed by atoms with van der Waals surface area (Å²) in [5.74, 6) is 1.02. The number of cyclic esters (lactones) is 1. The monoisotopic (exact) mass is 358 g/mol. The minimum Gasteiger partial charge on any atom is -0.458 e. The summed E-state index contributed by atoms with van der Waals surface area (Å²) in [6, 6.07) is 0. The first kappa shape index (κ1) is 15.1. The maximum atomic E-state index is 12.1. The van der Waals surface area contributed by atoms with Crippen LogP contribution in [0.3, 0.4) is 0 Å². The first-order valence-electron chi connectivity index (χ1n) is 10.3. The van der Waals surface area contributed by atoms with Crippen LogP contribution in [0.25, 0.3) is 0 Å². The molecular formula is C21H26O5. The third kappa shape index (κ3) is 1.15. The molecule has 9 atom stereocenters. The zero-order valence-corrected chi connectivity index (χ0v) is 15.6. The van der Waals surface area contributed by atoms with Gasteiger partial charge in [-0.15, -0.1) is 0 Å². The van der Waals surface area contributed by atoms with Crippen molar-refractivity contribution in [3.8, 4) is 0 Å². The van der Waals surface area contributed by atoms with Crippen molar-refractivity contribution in [1.82, 2.24) is 0 Å². The van der Waals surface area contributed by atoms with Gasteiger partial charge in [0.15, 0.2) is 0 Å². The summed E-state index contributed by atoms with van der Waals surface area (Å²) in [4.78, 5) is 12.1. The Kier molecular flexibility index (Phi) is 2.21. The molecule has 4 aliphatic carbocycles. The smallest absolute Gasteiger partial charge is 0.334 e. The van der Waals surface area contributed by atoms with Crippen molar-refractivity contribution < 1.29 is 24.1 Å². The average Bonchev–Trinajstić information content (AvgIpc) is 3.47. The molecule has 2 spiro atoms. The Balaban J connectivity index is 1.39. The van der Waals surface area contributed by atoms with E-state index in [4.69, 9.17) is 14.2 Å². The molecule has 7 aliphatic rings. The first-order chi connectivity index (χ1) is 12.3. The Labute approximate surface area is 153 Å². The van der Waals surface area contributed by atoms with Crippen molar-refractivity contribution in [2.45, 2.75) is 76.0 Å². The average molecular weight is 358 g/mol. The first-order valence-corrected chi connectivity index (χ1v) is 10.3. The molecule has 0 amide bonds. The summed E-state index contributed by atoms with van der Waals surface area (Å²) < 4.78 is 18.3. The van der Waals surface area contributed by atoms with Crippen LogP contribution in [0.1, 0.15) is 46.5 Å². The summed E-state index contributed by atoms with van der Waals surface area (Å²) in [6.45, 7) is 7.16. The van der Waals surface area contributed by atoms with Gasteiger partial charge >= 0.3 is 5.97 Å². The van der Waals surface area contributed by atoms with E-state index in [0.29, 0.717) is 24.4 Å². The summed E-state index contributed by atoms with van der Waals surface area (Å²) in [7, 11) is 0. The van der Waals surface area contributed by atoms with Gasteiger partial charge in [-0.05, 0) is 49.0 Å². The molecular weight excluding hydrogens is 332 g/mol.